The molecule has 3 N–H and O–H groups in total. The molecule has 19 heavy (non-hydrogen) atoms. The number of hydrogen-bond acceptors (Lipinski definition) is 2. The number of carboxylic acid groups (broad SMARTS) is 1. The van der Waals surface area contributed by atoms with Crippen molar-refractivity contribution in [3.63, 3.8) is 0 Å². The van der Waals surface area contributed by atoms with Crippen LogP contribution in [0.15, 0.2) is 0 Å². The number of hydrogen-bond donors (Lipinski definition) is 3. The molecular formula is C14H22N2O3. The van der Waals surface area contributed by atoms with E-state index in [0.29, 0.717) is 23.8 Å². The van der Waals surface area contributed by atoms with E-state index in [1.54, 1.807) is 0 Å². The van der Waals surface area contributed by atoms with Gasteiger partial charge in [0, 0.05) is 12.1 Å². The third kappa shape index (κ3) is 3.61. The number of aliphatic carboxylic acids is 1. The fourth-order valence-corrected chi connectivity index (χ4v) is 2.91. The fraction of sp³-hybridized carbons (Fsp3) is 0.857. The molecule has 0 aromatic rings. The summed E-state index contributed by atoms with van der Waals surface area (Å²) in [6, 6.07) is -0.0387. The lowest BCUT2D eigenvalue weighted by atomic mass is 10.1. The van der Waals surface area contributed by atoms with Crippen LogP contribution in [-0.4, -0.2) is 29.2 Å². The van der Waals surface area contributed by atoms with Crippen LogP contribution in [-0.2, 0) is 4.79 Å². The summed E-state index contributed by atoms with van der Waals surface area (Å²) in [4.78, 5) is 22.8. The lowest BCUT2D eigenvalue weighted by Gasteiger charge is -2.21. The monoisotopic (exact) mass is 266 g/mol. The Morgan fingerprint density at radius 3 is 1.89 bits per heavy atom. The molecule has 5 heteroatoms. The maximum atomic E-state index is 12.0. The second-order valence-electron chi connectivity index (χ2n) is 6.36. The predicted octanol–water partition coefficient (Wildman–Crippen LogP) is 1.73. The number of amides is 2. The van der Waals surface area contributed by atoms with Gasteiger partial charge in [-0.15, -0.1) is 0 Å². The van der Waals surface area contributed by atoms with Crippen molar-refractivity contribution in [3.8, 4) is 0 Å². The Labute approximate surface area is 113 Å². The standard InChI is InChI=1S/C14H22N2O3/c17-12(18)7-11(8-1-2-8)15-14(19)16-13(9-3-4-9)10-5-6-10/h8-11,13H,1-7H2,(H,17,18)(H2,15,16,19). The Morgan fingerprint density at radius 1 is 0.947 bits per heavy atom. The van der Waals surface area contributed by atoms with Gasteiger partial charge in [-0.1, -0.05) is 0 Å². The zero-order valence-corrected chi connectivity index (χ0v) is 11.1. The third-order valence-corrected chi connectivity index (χ3v) is 4.46. The van der Waals surface area contributed by atoms with Crippen molar-refractivity contribution in [2.75, 3.05) is 0 Å². The molecule has 3 aliphatic carbocycles. The molecule has 3 rings (SSSR count). The zero-order chi connectivity index (χ0) is 13.4. The van der Waals surface area contributed by atoms with Crippen LogP contribution in [0, 0.1) is 17.8 Å². The third-order valence-electron chi connectivity index (χ3n) is 4.46. The molecular weight excluding hydrogens is 244 g/mol. The molecule has 3 fully saturated rings. The van der Waals surface area contributed by atoms with Crippen LogP contribution in [0.25, 0.3) is 0 Å². The van der Waals surface area contributed by atoms with Crippen molar-refractivity contribution >= 4 is 12.0 Å². The summed E-state index contributed by atoms with van der Waals surface area (Å²) in [5.74, 6) is 0.856. The van der Waals surface area contributed by atoms with Gasteiger partial charge in [0.15, 0.2) is 0 Å². The van der Waals surface area contributed by atoms with Crippen molar-refractivity contribution < 1.29 is 14.7 Å². The van der Waals surface area contributed by atoms with Gasteiger partial charge in [0.05, 0.1) is 6.42 Å². The predicted molar refractivity (Wildman–Crippen MR) is 69.7 cm³/mol. The molecule has 5 nitrogen and oxygen atoms in total. The number of rotatable bonds is 7. The molecule has 0 radical (unpaired) electrons. The van der Waals surface area contributed by atoms with Crippen LogP contribution in [0.1, 0.15) is 44.9 Å². The van der Waals surface area contributed by atoms with Crippen molar-refractivity contribution in [2.45, 2.75) is 57.0 Å². The Bertz CT molecular complexity index is 361. The largest absolute Gasteiger partial charge is 0.481 e. The summed E-state index contributed by atoms with van der Waals surface area (Å²) in [5, 5.41) is 14.8. The molecule has 0 aromatic carbocycles. The number of carboxylic acids is 1. The number of carbonyl (C=O) groups is 2. The first-order valence-corrected chi connectivity index (χ1v) is 7.42. The average Bonchev–Trinajstić information content (AvgIpc) is 3.23. The minimum Gasteiger partial charge on any atom is -0.481 e. The fourth-order valence-electron chi connectivity index (χ4n) is 2.91. The van der Waals surface area contributed by atoms with E-state index in [0.717, 1.165) is 12.8 Å². The normalized spacial score (nSPS) is 24.1. The molecule has 1 unspecified atom stereocenters. The number of urea groups is 1. The van der Waals surface area contributed by atoms with Crippen molar-refractivity contribution in [3.05, 3.63) is 0 Å². The van der Waals surface area contributed by atoms with Crippen LogP contribution in [0.4, 0.5) is 4.79 Å². The van der Waals surface area contributed by atoms with E-state index in [-0.39, 0.29) is 18.5 Å². The van der Waals surface area contributed by atoms with Crippen LogP contribution >= 0.6 is 0 Å². The summed E-state index contributed by atoms with van der Waals surface area (Å²) in [6.07, 6.45) is 7.01. The Balaban J connectivity index is 1.49. The topological polar surface area (TPSA) is 78.4 Å². The van der Waals surface area contributed by atoms with E-state index in [9.17, 15) is 9.59 Å². The van der Waals surface area contributed by atoms with E-state index in [1.165, 1.54) is 25.7 Å². The first-order chi connectivity index (χ1) is 9.13. The van der Waals surface area contributed by atoms with Crippen molar-refractivity contribution in [1.29, 1.82) is 0 Å². The molecule has 3 saturated carbocycles. The zero-order valence-electron chi connectivity index (χ0n) is 11.1. The molecule has 0 spiro atoms. The molecule has 0 aliphatic heterocycles. The van der Waals surface area contributed by atoms with Crippen molar-refractivity contribution in [1.82, 2.24) is 10.6 Å². The smallest absolute Gasteiger partial charge is 0.315 e. The van der Waals surface area contributed by atoms with E-state index in [1.807, 2.05) is 0 Å². The van der Waals surface area contributed by atoms with E-state index in [2.05, 4.69) is 10.6 Å². The van der Waals surface area contributed by atoms with Crippen LogP contribution in [0.5, 0.6) is 0 Å². The summed E-state index contributed by atoms with van der Waals surface area (Å²) in [5.41, 5.74) is 0. The second-order valence-corrected chi connectivity index (χ2v) is 6.36. The Morgan fingerprint density at radius 2 is 1.47 bits per heavy atom. The molecule has 1 atom stereocenters. The number of carbonyl (C=O) groups excluding carboxylic acids is 1. The van der Waals surface area contributed by atoms with E-state index >= 15 is 0 Å². The molecule has 3 aliphatic rings. The highest BCUT2D eigenvalue weighted by molar-refractivity contribution is 5.76. The van der Waals surface area contributed by atoms with Gasteiger partial charge in [-0.25, -0.2) is 4.79 Å². The van der Waals surface area contributed by atoms with Gasteiger partial charge < -0.3 is 15.7 Å². The summed E-state index contributed by atoms with van der Waals surface area (Å²) in [6.45, 7) is 0. The summed E-state index contributed by atoms with van der Waals surface area (Å²) >= 11 is 0. The van der Waals surface area contributed by atoms with Crippen LogP contribution in [0.3, 0.4) is 0 Å². The molecule has 106 valence electrons. The highest BCUT2D eigenvalue weighted by Gasteiger charge is 2.42. The molecule has 2 amide bonds. The second kappa shape index (κ2) is 5.02. The van der Waals surface area contributed by atoms with E-state index in [4.69, 9.17) is 5.11 Å². The van der Waals surface area contributed by atoms with Gasteiger partial charge in [-0.2, -0.15) is 0 Å². The molecule has 0 bridgehead atoms. The summed E-state index contributed by atoms with van der Waals surface area (Å²) < 4.78 is 0. The number of nitrogens with one attached hydrogen (secondary N) is 2. The van der Waals surface area contributed by atoms with Gasteiger partial charge >= 0.3 is 12.0 Å². The van der Waals surface area contributed by atoms with Gasteiger partial charge in [-0.3, -0.25) is 4.79 Å². The maximum absolute atomic E-state index is 12.0. The minimum absolute atomic E-state index is 0.0373. The van der Waals surface area contributed by atoms with Gasteiger partial charge in [0.25, 0.3) is 0 Å². The summed E-state index contributed by atoms with van der Waals surface area (Å²) in [7, 11) is 0. The highest BCUT2D eigenvalue weighted by Crippen LogP contribution is 2.44. The first-order valence-electron chi connectivity index (χ1n) is 7.42. The van der Waals surface area contributed by atoms with Gasteiger partial charge in [-0.05, 0) is 56.3 Å². The lowest BCUT2D eigenvalue weighted by molar-refractivity contribution is -0.137. The highest BCUT2D eigenvalue weighted by atomic mass is 16.4. The minimum atomic E-state index is -0.835. The first kappa shape index (κ1) is 12.8. The van der Waals surface area contributed by atoms with E-state index < -0.39 is 5.97 Å². The average molecular weight is 266 g/mol. The Kier molecular flexibility index (Phi) is 3.37. The van der Waals surface area contributed by atoms with Crippen molar-refractivity contribution in [2.24, 2.45) is 17.8 Å². The van der Waals surface area contributed by atoms with Gasteiger partial charge in [0.1, 0.15) is 0 Å². The maximum Gasteiger partial charge on any atom is 0.315 e. The SMILES string of the molecule is O=C(O)CC(NC(=O)NC(C1CC1)C1CC1)C1CC1. The quantitative estimate of drug-likeness (QED) is 0.656. The van der Waals surface area contributed by atoms with Crippen LogP contribution in [0.2, 0.25) is 0 Å². The Hall–Kier alpha value is -1.26. The molecule has 0 aromatic heterocycles. The van der Waals surface area contributed by atoms with Crippen LogP contribution < -0.4 is 10.6 Å². The van der Waals surface area contributed by atoms with Gasteiger partial charge in [0.2, 0.25) is 0 Å². The molecule has 0 heterocycles. The lowest BCUT2D eigenvalue weighted by Crippen LogP contribution is -2.49. The molecule has 0 saturated heterocycles.